The molecule has 0 saturated heterocycles. The third kappa shape index (κ3) is 36.7. The summed E-state index contributed by atoms with van der Waals surface area (Å²) >= 11 is 0. The number of aliphatic hydroxyl groups is 2. The van der Waals surface area contributed by atoms with Gasteiger partial charge in [0.05, 0.1) is 17.9 Å². The van der Waals surface area contributed by atoms with Gasteiger partial charge in [0.15, 0.2) is 0 Å². The maximum Gasteiger partial charge on any atom is 0.267 e. The summed E-state index contributed by atoms with van der Waals surface area (Å²) in [5.41, 5.74) is 0. The summed E-state index contributed by atoms with van der Waals surface area (Å²) in [7, 11) is -4.45. The summed E-state index contributed by atoms with van der Waals surface area (Å²) in [5.74, 6) is -1.56. The van der Waals surface area contributed by atoms with Crippen LogP contribution >= 0.6 is 0 Å². The number of amides is 1. The Labute approximate surface area is 315 Å². The zero-order chi connectivity index (χ0) is 37.7. The molecule has 300 valence electrons. The van der Waals surface area contributed by atoms with Crippen LogP contribution in [0.5, 0.6) is 0 Å². The van der Waals surface area contributed by atoms with Crippen LogP contribution in [-0.4, -0.2) is 53.1 Å². The predicted molar refractivity (Wildman–Crippen MR) is 218 cm³/mol. The highest BCUT2D eigenvalue weighted by Crippen LogP contribution is 2.14. The standard InChI is InChI=1S/C43H81NO6S/c1-3-5-7-9-11-13-15-17-18-19-20-21-22-23-24-26-28-30-32-34-36-38-42(46)43(47)44-40(39-51(48,49)50)41(45)37-35-33-31-29-27-25-16-14-12-10-8-6-4-2/h22-23,27,29,35,37,40-42,45-46H,3-21,24-26,28,30-34,36,38-39H2,1-2H3,(H,44,47)(H,48,49,50)/b23-22-,29-27+,37-35+. The Kier molecular flexibility index (Phi) is 35.8. The van der Waals surface area contributed by atoms with E-state index < -0.39 is 40.0 Å². The molecule has 3 unspecified atom stereocenters. The Hall–Kier alpha value is -1.48. The first kappa shape index (κ1) is 49.5. The van der Waals surface area contributed by atoms with Crippen molar-refractivity contribution < 1.29 is 28.0 Å². The molecule has 7 nitrogen and oxygen atoms in total. The number of rotatable bonds is 38. The molecule has 0 radical (unpaired) electrons. The maximum absolute atomic E-state index is 12.6. The molecule has 0 bridgehead atoms. The molecule has 0 aromatic carbocycles. The van der Waals surface area contributed by atoms with Crippen LogP contribution in [0.25, 0.3) is 0 Å². The quantitative estimate of drug-likeness (QED) is 0.0284. The Morgan fingerprint density at radius 1 is 0.529 bits per heavy atom. The molecular weight excluding hydrogens is 659 g/mol. The molecule has 0 aromatic heterocycles. The van der Waals surface area contributed by atoms with Crippen molar-refractivity contribution in [1.82, 2.24) is 5.32 Å². The van der Waals surface area contributed by atoms with Gasteiger partial charge in [-0.15, -0.1) is 0 Å². The van der Waals surface area contributed by atoms with Gasteiger partial charge in [-0.1, -0.05) is 185 Å². The lowest BCUT2D eigenvalue weighted by atomic mass is 10.0. The Morgan fingerprint density at radius 3 is 1.29 bits per heavy atom. The third-order valence-corrected chi connectivity index (χ3v) is 10.4. The molecule has 51 heavy (non-hydrogen) atoms. The summed E-state index contributed by atoms with van der Waals surface area (Å²) in [5, 5.41) is 23.4. The summed E-state index contributed by atoms with van der Waals surface area (Å²) in [6.07, 6.45) is 44.9. The highest BCUT2D eigenvalue weighted by Gasteiger charge is 2.27. The zero-order valence-corrected chi connectivity index (χ0v) is 33.9. The van der Waals surface area contributed by atoms with Crippen LogP contribution in [0.4, 0.5) is 0 Å². The number of hydrogen-bond acceptors (Lipinski definition) is 5. The molecule has 0 aliphatic heterocycles. The molecule has 0 spiro atoms. The highest BCUT2D eigenvalue weighted by atomic mass is 32.2. The normalized spacial score (nSPS) is 14.2. The minimum absolute atomic E-state index is 0.267. The SMILES string of the molecule is CCCCCCCCC/C=C/CC/C=C/C(O)C(CS(=O)(=O)O)NC(=O)C(O)CCCCCCCC/C=C\CCCCCCCCCCCCC. The second kappa shape index (κ2) is 36.9. The fourth-order valence-electron chi connectivity index (χ4n) is 6.35. The highest BCUT2D eigenvalue weighted by molar-refractivity contribution is 7.85. The van der Waals surface area contributed by atoms with Crippen molar-refractivity contribution in [3.63, 3.8) is 0 Å². The number of allylic oxidation sites excluding steroid dienone is 5. The molecule has 0 aliphatic rings. The second-order valence-electron chi connectivity index (χ2n) is 14.8. The van der Waals surface area contributed by atoms with E-state index in [0.717, 1.165) is 38.5 Å². The predicted octanol–water partition coefficient (Wildman–Crippen LogP) is 11.5. The molecule has 0 aromatic rings. The van der Waals surface area contributed by atoms with Crippen molar-refractivity contribution in [3.8, 4) is 0 Å². The average Bonchev–Trinajstić information content (AvgIpc) is 3.09. The lowest BCUT2D eigenvalue weighted by Gasteiger charge is -2.22. The molecule has 0 heterocycles. The number of aliphatic hydroxyl groups excluding tert-OH is 2. The number of carbonyl (C=O) groups is 1. The molecule has 0 rings (SSSR count). The van der Waals surface area contributed by atoms with Gasteiger partial charge < -0.3 is 15.5 Å². The molecule has 0 aliphatic carbocycles. The number of nitrogens with one attached hydrogen (secondary N) is 1. The van der Waals surface area contributed by atoms with Gasteiger partial charge in [-0.3, -0.25) is 9.35 Å². The van der Waals surface area contributed by atoms with Gasteiger partial charge in [0.1, 0.15) is 6.10 Å². The fraction of sp³-hybridized carbons (Fsp3) is 0.837. The lowest BCUT2D eigenvalue weighted by Crippen LogP contribution is -2.50. The smallest absolute Gasteiger partial charge is 0.267 e. The van der Waals surface area contributed by atoms with E-state index in [1.54, 1.807) is 6.08 Å². The van der Waals surface area contributed by atoms with Crippen LogP contribution in [0.15, 0.2) is 36.5 Å². The van der Waals surface area contributed by atoms with Crippen molar-refractivity contribution in [2.45, 2.75) is 225 Å². The van der Waals surface area contributed by atoms with Gasteiger partial charge in [0.2, 0.25) is 5.91 Å². The maximum atomic E-state index is 12.6. The van der Waals surface area contributed by atoms with E-state index in [-0.39, 0.29) is 6.42 Å². The number of carbonyl (C=O) groups excluding carboxylic acids is 1. The molecule has 4 N–H and O–H groups in total. The molecule has 1 amide bonds. The van der Waals surface area contributed by atoms with E-state index >= 15 is 0 Å². The van der Waals surface area contributed by atoms with Gasteiger partial charge in [0, 0.05) is 0 Å². The van der Waals surface area contributed by atoms with Gasteiger partial charge in [-0.2, -0.15) is 8.42 Å². The van der Waals surface area contributed by atoms with Crippen LogP contribution in [0, 0.1) is 0 Å². The summed E-state index contributed by atoms with van der Waals surface area (Å²) in [6, 6.07) is -1.25. The Morgan fingerprint density at radius 2 is 0.882 bits per heavy atom. The largest absolute Gasteiger partial charge is 0.387 e. The Balaban J connectivity index is 4.01. The summed E-state index contributed by atoms with van der Waals surface area (Å²) in [6.45, 7) is 4.50. The van der Waals surface area contributed by atoms with Crippen molar-refractivity contribution in [2.24, 2.45) is 0 Å². The van der Waals surface area contributed by atoms with Crippen LogP contribution in [0.2, 0.25) is 0 Å². The van der Waals surface area contributed by atoms with Gasteiger partial charge >= 0.3 is 0 Å². The van der Waals surface area contributed by atoms with Gasteiger partial charge in [0.25, 0.3) is 10.1 Å². The fourth-order valence-corrected chi connectivity index (χ4v) is 7.08. The first-order valence-electron chi connectivity index (χ1n) is 21.3. The Bertz CT molecular complexity index is 964. The van der Waals surface area contributed by atoms with Crippen LogP contribution in [0.3, 0.4) is 0 Å². The van der Waals surface area contributed by atoms with Crippen molar-refractivity contribution in [1.29, 1.82) is 0 Å². The van der Waals surface area contributed by atoms with E-state index in [1.807, 2.05) is 0 Å². The van der Waals surface area contributed by atoms with Crippen molar-refractivity contribution in [3.05, 3.63) is 36.5 Å². The minimum atomic E-state index is -4.45. The molecule has 0 saturated carbocycles. The number of unbranched alkanes of at least 4 members (excludes halogenated alkanes) is 25. The molecule has 3 atom stereocenters. The lowest BCUT2D eigenvalue weighted by molar-refractivity contribution is -0.130. The first-order chi connectivity index (χ1) is 24.7. The third-order valence-electron chi connectivity index (χ3n) is 9.65. The number of hydrogen-bond donors (Lipinski definition) is 4. The summed E-state index contributed by atoms with van der Waals surface area (Å²) < 4.78 is 32.5. The van der Waals surface area contributed by atoms with E-state index in [9.17, 15) is 28.0 Å². The van der Waals surface area contributed by atoms with E-state index in [4.69, 9.17) is 0 Å². The van der Waals surface area contributed by atoms with E-state index in [0.29, 0.717) is 12.8 Å². The van der Waals surface area contributed by atoms with Crippen molar-refractivity contribution in [2.75, 3.05) is 5.75 Å². The molecular formula is C43H81NO6S. The molecule has 8 heteroatoms. The van der Waals surface area contributed by atoms with E-state index in [2.05, 4.69) is 43.5 Å². The van der Waals surface area contributed by atoms with Gasteiger partial charge in [-0.25, -0.2) is 0 Å². The molecule has 0 fully saturated rings. The summed E-state index contributed by atoms with van der Waals surface area (Å²) in [4.78, 5) is 12.6. The van der Waals surface area contributed by atoms with Crippen LogP contribution < -0.4 is 5.32 Å². The minimum Gasteiger partial charge on any atom is -0.387 e. The monoisotopic (exact) mass is 740 g/mol. The van der Waals surface area contributed by atoms with E-state index in [1.165, 1.54) is 141 Å². The van der Waals surface area contributed by atoms with Crippen molar-refractivity contribution >= 4 is 16.0 Å². The second-order valence-corrected chi connectivity index (χ2v) is 16.2. The average molecular weight is 740 g/mol. The van der Waals surface area contributed by atoms with Crippen LogP contribution in [0.1, 0.15) is 206 Å². The first-order valence-corrected chi connectivity index (χ1v) is 22.9. The van der Waals surface area contributed by atoms with Gasteiger partial charge in [-0.05, 0) is 57.8 Å². The van der Waals surface area contributed by atoms with Crippen LogP contribution in [-0.2, 0) is 14.9 Å². The topological polar surface area (TPSA) is 124 Å². The zero-order valence-electron chi connectivity index (χ0n) is 33.1.